The number of ether oxygens (including phenoxy) is 1. The number of imidazole rings is 1. The third-order valence-corrected chi connectivity index (χ3v) is 6.92. The van der Waals surface area contributed by atoms with Gasteiger partial charge in [-0.15, -0.1) is 0 Å². The van der Waals surface area contributed by atoms with Gasteiger partial charge in [0.15, 0.2) is 0 Å². The molecule has 1 heterocycles. The molecule has 0 bridgehead atoms. The molecule has 0 N–H and O–H groups in total. The molecular weight excluding hydrogens is 496 g/mol. The molecular formula is C34H38N4O2. The van der Waals surface area contributed by atoms with Gasteiger partial charge in [0.1, 0.15) is 11.6 Å². The number of carbonyl (C=O) groups is 1. The Morgan fingerprint density at radius 3 is 2.23 bits per heavy atom. The molecule has 0 spiro atoms. The second-order valence-corrected chi connectivity index (χ2v) is 10.1. The minimum atomic E-state index is -0.317. The molecule has 0 aliphatic rings. The maximum absolute atomic E-state index is 11.3. The maximum Gasteiger partial charge on any atom is 0.308 e. The van der Waals surface area contributed by atoms with Crippen molar-refractivity contribution in [2.75, 3.05) is 6.54 Å². The Balaban J connectivity index is 1.76. The molecule has 4 rings (SSSR count). The van der Waals surface area contributed by atoms with Crippen LogP contribution in [0.3, 0.4) is 0 Å². The highest BCUT2D eigenvalue weighted by Crippen LogP contribution is 2.32. The first-order chi connectivity index (χ1) is 19.5. The maximum atomic E-state index is 11.3. The predicted molar refractivity (Wildman–Crippen MR) is 159 cm³/mol. The topological polar surface area (TPSA) is 71.2 Å². The van der Waals surface area contributed by atoms with Gasteiger partial charge >= 0.3 is 5.97 Å². The van der Waals surface area contributed by atoms with Crippen molar-refractivity contribution in [3.63, 3.8) is 0 Å². The Labute approximate surface area is 237 Å². The number of aromatic nitrogens is 2. The number of esters is 1. The van der Waals surface area contributed by atoms with Crippen LogP contribution >= 0.6 is 0 Å². The highest BCUT2D eigenvalue weighted by atomic mass is 16.5. The van der Waals surface area contributed by atoms with Gasteiger partial charge in [-0.25, -0.2) is 4.98 Å². The van der Waals surface area contributed by atoms with E-state index in [9.17, 15) is 10.1 Å². The van der Waals surface area contributed by atoms with E-state index in [0.717, 1.165) is 80.1 Å². The summed E-state index contributed by atoms with van der Waals surface area (Å²) in [6.45, 7) is 9.20. The quantitative estimate of drug-likeness (QED) is 0.130. The van der Waals surface area contributed by atoms with Crippen LogP contribution in [0.15, 0.2) is 78.9 Å². The molecule has 0 aliphatic carbocycles. The van der Waals surface area contributed by atoms with Crippen molar-refractivity contribution >= 4 is 5.97 Å². The number of hydrogen-bond donors (Lipinski definition) is 0. The number of unbranched alkanes of at least 4 members (excludes halogenated alkanes) is 2. The monoisotopic (exact) mass is 534 g/mol. The van der Waals surface area contributed by atoms with Crippen molar-refractivity contribution in [3.05, 3.63) is 95.7 Å². The van der Waals surface area contributed by atoms with Gasteiger partial charge in [0.05, 0.1) is 23.0 Å². The van der Waals surface area contributed by atoms with E-state index in [1.165, 1.54) is 12.6 Å². The van der Waals surface area contributed by atoms with E-state index in [1.54, 1.807) is 0 Å². The summed E-state index contributed by atoms with van der Waals surface area (Å²) >= 11 is 0. The molecule has 1 aromatic heterocycles. The van der Waals surface area contributed by atoms with E-state index in [2.05, 4.69) is 53.6 Å². The fraction of sp³-hybridized carbons (Fsp3) is 0.324. The molecule has 3 aromatic carbocycles. The van der Waals surface area contributed by atoms with E-state index in [4.69, 9.17) is 9.72 Å². The van der Waals surface area contributed by atoms with Crippen LogP contribution in [-0.4, -0.2) is 27.0 Å². The van der Waals surface area contributed by atoms with Crippen molar-refractivity contribution in [1.82, 2.24) is 14.5 Å². The van der Waals surface area contributed by atoms with Crippen molar-refractivity contribution < 1.29 is 9.53 Å². The van der Waals surface area contributed by atoms with E-state index >= 15 is 0 Å². The van der Waals surface area contributed by atoms with Crippen molar-refractivity contribution in [1.29, 1.82) is 5.26 Å². The van der Waals surface area contributed by atoms with E-state index in [-0.39, 0.29) is 5.97 Å². The lowest BCUT2D eigenvalue weighted by atomic mass is 10.1. The number of nitriles is 1. The minimum Gasteiger partial charge on any atom is -0.427 e. The zero-order valence-corrected chi connectivity index (χ0v) is 23.8. The van der Waals surface area contributed by atoms with Crippen LogP contribution < -0.4 is 4.74 Å². The van der Waals surface area contributed by atoms with Gasteiger partial charge in [-0.05, 0) is 49.2 Å². The summed E-state index contributed by atoms with van der Waals surface area (Å²) in [6.07, 6.45) is 4.34. The molecule has 0 saturated heterocycles. The van der Waals surface area contributed by atoms with Gasteiger partial charge < -0.3 is 9.30 Å². The first kappa shape index (κ1) is 28.8. The molecule has 0 amide bonds. The fourth-order valence-electron chi connectivity index (χ4n) is 4.84. The Kier molecular flexibility index (Phi) is 10.3. The molecule has 0 saturated carbocycles. The summed E-state index contributed by atoms with van der Waals surface area (Å²) in [7, 11) is 0. The summed E-state index contributed by atoms with van der Waals surface area (Å²) in [4.78, 5) is 19.1. The zero-order valence-electron chi connectivity index (χ0n) is 23.8. The lowest BCUT2D eigenvalue weighted by Crippen LogP contribution is -2.26. The summed E-state index contributed by atoms with van der Waals surface area (Å²) in [5, 5.41) is 9.35. The summed E-state index contributed by atoms with van der Waals surface area (Å²) in [6, 6.07) is 28.1. The Bertz CT molecular complexity index is 1420. The molecule has 0 unspecified atom stereocenters. The minimum absolute atomic E-state index is 0.317. The molecule has 40 heavy (non-hydrogen) atoms. The third kappa shape index (κ3) is 7.46. The average molecular weight is 535 g/mol. The van der Waals surface area contributed by atoms with Gasteiger partial charge in [0.2, 0.25) is 0 Å². The van der Waals surface area contributed by atoms with Gasteiger partial charge in [-0.3, -0.25) is 9.69 Å². The van der Waals surface area contributed by atoms with Gasteiger partial charge in [0.25, 0.3) is 0 Å². The molecule has 0 atom stereocenters. The summed E-state index contributed by atoms with van der Waals surface area (Å²) < 4.78 is 7.63. The van der Waals surface area contributed by atoms with Crippen molar-refractivity contribution in [2.45, 2.75) is 66.1 Å². The molecule has 206 valence electrons. The second-order valence-electron chi connectivity index (χ2n) is 10.1. The average Bonchev–Trinajstić information content (AvgIpc) is 3.33. The second kappa shape index (κ2) is 14.3. The van der Waals surface area contributed by atoms with Crippen LogP contribution in [0.4, 0.5) is 0 Å². The SMILES string of the molecule is CCCCN(Cc1ccc(OC(C)=O)cc1)Cc1c(-c2ccc(C#N)cc2)nc(-c2ccccc2)n1CCCC. The van der Waals surface area contributed by atoms with E-state index in [0.29, 0.717) is 11.3 Å². The van der Waals surface area contributed by atoms with E-state index < -0.39 is 0 Å². The van der Waals surface area contributed by atoms with Crippen LogP contribution in [0, 0.1) is 11.3 Å². The number of carbonyl (C=O) groups excluding carboxylic acids is 1. The lowest BCUT2D eigenvalue weighted by Gasteiger charge is -2.24. The highest BCUT2D eigenvalue weighted by Gasteiger charge is 2.22. The molecule has 6 nitrogen and oxygen atoms in total. The summed E-state index contributed by atoms with van der Waals surface area (Å²) in [5.41, 5.74) is 6.06. The Hall–Kier alpha value is -4.21. The van der Waals surface area contributed by atoms with Crippen LogP contribution in [0.25, 0.3) is 22.6 Å². The van der Waals surface area contributed by atoms with Gasteiger partial charge in [-0.1, -0.05) is 81.3 Å². The predicted octanol–water partition coefficient (Wildman–Crippen LogP) is 7.62. The fourth-order valence-corrected chi connectivity index (χ4v) is 4.84. The van der Waals surface area contributed by atoms with Gasteiger partial charge in [0, 0.05) is 37.7 Å². The molecule has 4 aromatic rings. The number of nitrogens with zero attached hydrogens (tertiary/aromatic N) is 4. The molecule has 6 heteroatoms. The summed E-state index contributed by atoms with van der Waals surface area (Å²) in [5.74, 6) is 1.22. The molecule has 0 radical (unpaired) electrons. The molecule has 0 fully saturated rings. The first-order valence-electron chi connectivity index (χ1n) is 14.2. The van der Waals surface area contributed by atoms with Crippen molar-refractivity contribution in [2.24, 2.45) is 0 Å². The van der Waals surface area contributed by atoms with Crippen molar-refractivity contribution in [3.8, 4) is 34.5 Å². The van der Waals surface area contributed by atoms with Gasteiger partial charge in [-0.2, -0.15) is 5.26 Å². The number of benzene rings is 3. The van der Waals surface area contributed by atoms with Crippen LogP contribution in [0.5, 0.6) is 5.75 Å². The molecule has 0 aliphatic heterocycles. The first-order valence-corrected chi connectivity index (χ1v) is 14.2. The van der Waals surface area contributed by atoms with E-state index in [1.807, 2.05) is 54.6 Å². The van der Waals surface area contributed by atoms with Crippen LogP contribution in [0.2, 0.25) is 0 Å². The third-order valence-electron chi connectivity index (χ3n) is 6.92. The normalized spacial score (nSPS) is 11.0. The standard InChI is InChI=1S/C34H38N4O2/c1-4-6-21-37(24-28-15-19-31(20-16-28)40-26(3)39)25-32-33(29-17-13-27(23-35)14-18-29)36-34(38(32)22-7-5-2)30-11-9-8-10-12-30/h8-20H,4-7,21-22,24-25H2,1-3H3. The highest BCUT2D eigenvalue weighted by molar-refractivity contribution is 5.70. The zero-order chi connectivity index (χ0) is 28.3. The lowest BCUT2D eigenvalue weighted by molar-refractivity contribution is -0.131. The number of rotatable bonds is 13. The number of hydrogen-bond acceptors (Lipinski definition) is 5. The van der Waals surface area contributed by atoms with Crippen LogP contribution in [0.1, 0.15) is 63.3 Å². The largest absolute Gasteiger partial charge is 0.427 e. The smallest absolute Gasteiger partial charge is 0.308 e. The Morgan fingerprint density at radius 1 is 0.900 bits per heavy atom. The van der Waals surface area contributed by atoms with Crippen LogP contribution in [-0.2, 0) is 24.4 Å². The Morgan fingerprint density at radius 2 is 1.60 bits per heavy atom.